The molecule has 0 aliphatic carbocycles. The van der Waals surface area contributed by atoms with Crippen LogP contribution in [0.2, 0.25) is 0 Å². The van der Waals surface area contributed by atoms with Crippen LogP contribution in [0.25, 0.3) is 0 Å². The number of hydrogen-bond acceptors (Lipinski definition) is 5. The van der Waals surface area contributed by atoms with E-state index in [2.05, 4.69) is 0 Å². The first kappa shape index (κ1) is 21.6. The van der Waals surface area contributed by atoms with E-state index in [4.69, 9.17) is 9.78 Å². The molecule has 0 atom stereocenters. The summed E-state index contributed by atoms with van der Waals surface area (Å²) in [7, 11) is 0. The van der Waals surface area contributed by atoms with Crippen molar-refractivity contribution in [1.29, 1.82) is 0 Å². The van der Waals surface area contributed by atoms with Crippen molar-refractivity contribution in [2.75, 3.05) is 0 Å². The van der Waals surface area contributed by atoms with E-state index >= 15 is 0 Å². The predicted octanol–water partition coefficient (Wildman–Crippen LogP) is 5.42. The Morgan fingerprint density at radius 3 is 0.875 bits per heavy atom. The molecule has 2 N–H and O–H groups in total. The predicted molar refractivity (Wildman–Crippen MR) is 120 cm³/mol. The third-order valence-corrected chi connectivity index (χ3v) is 5.63. The van der Waals surface area contributed by atoms with E-state index in [0.717, 1.165) is 0 Å². The first-order valence-corrected chi connectivity index (χ1v) is 10.1. The fourth-order valence-corrected chi connectivity index (χ4v) is 4.09. The third kappa shape index (κ3) is 3.43. The first-order chi connectivity index (χ1) is 15.7. The standard InChI is InChI=1S/C27H22O5/c28-25(26(31-29,21-13-5-1-6-14-21)22-15-7-2-8-16-22)27(32-30,23-17-9-3-10-18-23)24-19-11-4-12-20-24/h1-20,29-30H. The molecule has 160 valence electrons. The number of hydrogen-bond donors (Lipinski definition) is 2. The minimum atomic E-state index is -1.99. The van der Waals surface area contributed by atoms with E-state index in [1.807, 2.05) is 0 Å². The molecule has 0 saturated carbocycles. The highest BCUT2D eigenvalue weighted by atomic mass is 17.1. The van der Waals surface area contributed by atoms with Gasteiger partial charge in [0.15, 0.2) is 0 Å². The molecule has 4 aromatic rings. The van der Waals surface area contributed by atoms with Crippen LogP contribution in [0.15, 0.2) is 121 Å². The summed E-state index contributed by atoms with van der Waals surface area (Å²) in [4.78, 5) is 24.7. The topological polar surface area (TPSA) is 76.0 Å². The number of benzene rings is 4. The lowest BCUT2D eigenvalue weighted by atomic mass is 9.71. The van der Waals surface area contributed by atoms with Crippen LogP contribution in [0.4, 0.5) is 0 Å². The van der Waals surface area contributed by atoms with Gasteiger partial charge in [-0.05, 0) is 22.3 Å². The van der Waals surface area contributed by atoms with Gasteiger partial charge in [0.05, 0.1) is 0 Å². The molecule has 0 fully saturated rings. The van der Waals surface area contributed by atoms with Crippen LogP contribution >= 0.6 is 0 Å². The molecule has 5 nitrogen and oxygen atoms in total. The molecule has 0 spiro atoms. The summed E-state index contributed by atoms with van der Waals surface area (Å²) >= 11 is 0. The second-order valence-electron chi connectivity index (χ2n) is 7.34. The van der Waals surface area contributed by atoms with Crippen molar-refractivity contribution in [3.8, 4) is 0 Å². The number of rotatable bonds is 8. The van der Waals surface area contributed by atoms with Crippen molar-refractivity contribution in [1.82, 2.24) is 0 Å². The zero-order valence-corrected chi connectivity index (χ0v) is 17.2. The summed E-state index contributed by atoms with van der Waals surface area (Å²) in [5.41, 5.74) is -2.45. The van der Waals surface area contributed by atoms with Crippen LogP contribution in [-0.2, 0) is 25.8 Å². The molecular weight excluding hydrogens is 404 g/mol. The average Bonchev–Trinajstić information content (AvgIpc) is 2.88. The molecule has 0 aliphatic heterocycles. The van der Waals surface area contributed by atoms with Crippen LogP contribution in [0, 0.1) is 0 Å². The van der Waals surface area contributed by atoms with Gasteiger partial charge in [0.25, 0.3) is 0 Å². The van der Waals surface area contributed by atoms with E-state index < -0.39 is 17.0 Å². The zero-order chi connectivity index (χ0) is 22.4. The van der Waals surface area contributed by atoms with Crippen LogP contribution in [-0.4, -0.2) is 16.3 Å². The Labute approximate surface area is 186 Å². The van der Waals surface area contributed by atoms with Gasteiger partial charge in [0.2, 0.25) is 17.0 Å². The van der Waals surface area contributed by atoms with Crippen LogP contribution in [0.5, 0.6) is 0 Å². The SMILES string of the molecule is O=C(C(OO)(c1ccccc1)c1ccccc1)C(OO)(c1ccccc1)c1ccccc1. The van der Waals surface area contributed by atoms with E-state index in [0.29, 0.717) is 22.3 Å². The largest absolute Gasteiger partial charge is 0.291 e. The highest BCUT2D eigenvalue weighted by Gasteiger charge is 2.57. The van der Waals surface area contributed by atoms with Crippen LogP contribution < -0.4 is 0 Å². The number of carbonyl (C=O) groups excluding carboxylic acids is 1. The van der Waals surface area contributed by atoms with Gasteiger partial charge < -0.3 is 0 Å². The first-order valence-electron chi connectivity index (χ1n) is 10.1. The Balaban J connectivity index is 2.07. The Morgan fingerprint density at radius 2 is 0.688 bits per heavy atom. The second-order valence-corrected chi connectivity index (χ2v) is 7.34. The van der Waals surface area contributed by atoms with Crippen LogP contribution in [0.3, 0.4) is 0 Å². The van der Waals surface area contributed by atoms with E-state index in [-0.39, 0.29) is 0 Å². The molecule has 0 saturated heterocycles. The second kappa shape index (κ2) is 9.26. The van der Waals surface area contributed by atoms with E-state index in [1.54, 1.807) is 121 Å². The molecule has 0 unspecified atom stereocenters. The fraction of sp³-hybridized carbons (Fsp3) is 0.0741. The summed E-state index contributed by atoms with van der Waals surface area (Å²) in [6.45, 7) is 0. The van der Waals surface area contributed by atoms with Crippen molar-refractivity contribution in [2.45, 2.75) is 11.2 Å². The van der Waals surface area contributed by atoms with Gasteiger partial charge in [-0.1, -0.05) is 121 Å². The Bertz CT molecular complexity index is 974. The maximum atomic E-state index is 14.6. The monoisotopic (exact) mass is 426 g/mol. The van der Waals surface area contributed by atoms with Gasteiger partial charge in [-0.25, -0.2) is 9.78 Å². The van der Waals surface area contributed by atoms with Gasteiger partial charge >= 0.3 is 0 Å². The Morgan fingerprint density at radius 1 is 0.469 bits per heavy atom. The van der Waals surface area contributed by atoms with Crippen molar-refractivity contribution < 1.29 is 25.1 Å². The molecule has 5 heteroatoms. The van der Waals surface area contributed by atoms with Gasteiger partial charge in [-0.2, -0.15) is 0 Å². The van der Waals surface area contributed by atoms with E-state index in [1.165, 1.54) is 0 Å². The van der Waals surface area contributed by atoms with Crippen molar-refractivity contribution in [3.63, 3.8) is 0 Å². The molecule has 4 rings (SSSR count). The molecule has 0 aromatic heterocycles. The normalized spacial score (nSPS) is 11.8. The Hall–Kier alpha value is -3.61. The quantitative estimate of drug-likeness (QED) is 0.291. The molecule has 0 amide bonds. The summed E-state index contributed by atoms with van der Waals surface area (Å²) in [5, 5.41) is 20.7. The minimum absolute atomic E-state index is 0.381. The molecule has 0 radical (unpaired) electrons. The van der Waals surface area contributed by atoms with E-state index in [9.17, 15) is 15.3 Å². The number of carbonyl (C=O) groups is 1. The smallest absolute Gasteiger partial charge is 0.221 e. The third-order valence-electron chi connectivity index (χ3n) is 5.63. The lowest BCUT2D eigenvalue weighted by molar-refractivity contribution is -0.332. The van der Waals surface area contributed by atoms with Crippen molar-refractivity contribution >= 4 is 5.78 Å². The van der Waals surface area contributed by atoms with Gasteiger partial charge in [-0.3, -0.25) is 15.3 Å². The molecule has 0 heterocycles. The molecule has 0 aliphatic rings. The number of Topliss-reactive ketones (excluding diaryl/α,β-unsaturated/α-hetero) is 1. The maximum Gasteiger partial charge on any atom is 0.221 e. The van der Waals surface area contributed by atoms with Gasteiger partial charge in [0.1, 0.15) is 0 Å². The lowest BCUT2D eigenvalue weighted by Gasteiger charge is -2.39. The van der Waals surface area contributed by atoms with Crippen molar-refractivity contribution in [3.05, 3.63) is 144 Å². The maximum absolute atomic E-state index is 14.6. The lowest BCUT2D eigenvalue weighted by Crippen LogP contribution is -2.53. The molecule has 4 aromatic carbocycles. The fourth-order valence-electron chi connectivity index (χ4n) is 4.09. The van der Waals surface area contributed by atoms with Gasteiger partial charge in [-0.15, -0.1) is 0 Å². The summed E-state index contributed by atoms with van der Waals surface area (Å²) in [5.74, 6) is -0.718. The zero-order valence-electron chi connectivity index (χ0n) is 17.2. The number of ketones is 1. The van der Waals surface area contributed by atoms with Crippen molar-refractivity contribution in [2.24, 2.45) is 0 Å². The molecular formula is C27H22O5. The minimum Gasteiger partial charge on any atom is -0.291 e. The molecule has 32 heavy (non-hydrogen) atoms. The summed E-state index contributed by atoms with van der Waals surface area (Å²) < 4.78 is 0. The summed E-state index contributed by atoms with van der Waals surface area (Å²) in [6, 6.07) is 34.6. The Kier molecular flexibility index (Phi) is 6.25. The van der Waals surface area contributed by atoms with Crippen LogP contribution in [0.1, 0.15) is 22.3 Å². The highest BCUT2D eigenvalue weighted by Crippen LogP contribution is 2.45. The highest BCUT2D eigenvalue weighted by molar-refractivity contribution is 6.01. The molecule has 0 bridgehead atoms. The summed E-state index contributed by atoms with van der Waals surface area (Å²) in [6.07, 6.45) is 0. The van der Waals surface area contributed by atoms with Gasteiger partial charge in [0, 0.05) is 0 Å². The average molecular weight is 426 g/mol.